The smallest absolute Gasteiger partial charge is 0.252 e. The lowest BCUT2D eigenvalue weighted by molar-refractivity contribution is 0.0963. The van der Waals surface area contributed by atoms with E-state index in [9.17, 15) is 4.79 Å². The Morgan fingerprint density at radius 3 is 2.85 bits per heavy atom. The van der Waals surface area contributed by atoms with Gasteiger partial charge in [-0.3, -0.25) is 4.79 Å². The zero-order chi connectivity index (χ0) is 9.84. The van der Waals surface area contributed by atoms with Crippen LogP contribution in [0, 0.1) is 11.3 Å². The van der Waals surface area contributed by atoms with Gasteiger partial charge in [0.1, 0.15) is 6.07 Å². The van der Waals surface area contributed by atoms with E-state index in [4.69, 9.17) is 11.0 Å². The summed E-state index contributed by atoms with van der Waals surface area (Å²) >= 11 is 0. The average Bonchev–Trinajstić information content (AvgIpc) is 2.16. The molecule has 0 aliphatic rings. The van der Waals surface area contributed by atoms with Gasteiger partial charge in [0.2, 0.25) is 0 Å². The van der Waals surface area contributed by atoms with Crippen LogP contribution in [-0.2, 0) is 0 Å². The van der Waals surface area contributed by atoms with E-state index in [1.54, 1.807) is 18.2 Å². The second-order valence-corrected chi connectivity index (χ2v) is 2.46. The molecule has 1 amide bonds. The monoisotopic (exact) mass is 175 g/mol. The lowest BCUT2D eigenvalue weighted by atomic mass is 10.1. The van der Waals surface area contributed by atoms with Crippen LogP contribution in [0.1, 0.15) is 15.9 Å². The van der Waals surface area contributed by atoms with Crippen LogP contribution in [0.2, 0.25) is 0 Å². The highest BCUT2D eigenvalue weighted by Gasteiger charge is 2.10. The van der Waals surface area contributed by atoms with E-state index in [0.717, 1.165) is 0 Å². The molecule has 0 saturated carbocycles. The maximum absolute atomic E-state index is 11.2. The van der Waals surface area contributed by atoms with Crippen molar-refractivity contribution in [1.82, 2.24) is 5.32 Å². The summed E-state index contributed by atoms with van der Waals surface area (Å²) in [5.74, 6) is -0.302. The number of anilines is 1. The van der Waals surface area contributed by atoms with Crippen LogP contribution in [-0.4, -0.2) is 13.0 Å². The van der Waals surface area contributed by atoms with Crippen LogP contribution in [0.25, 0.3) is 0 Å². The zero-order valence-electron chi connectivity index (χ0n) is 7.16. The van der Waals surface area contributed by atoms with E-state index in [-0.39, 0.29) is 11.5 Å². The van der Waals surface area contributed by atoms with Crippen LogP contribution in [0.15, 0.2) is 18.2 Å². The van der Waals surface area contributed by atoms with Crippen LogP contribution >= 0.6 is 0 Å². The van der Waals surface area contributed by atoms with Gasteiger partial charge in [0, 0.05) is 7.05 Å². The maximum atomic E-state index is 11.2. The Morgan fingerprint density at radius 1 is 1.62 bits per heavy atom. The first-order valence-electron chi connectivity index (χ1n) is 3.71. The number of carbonyl (C=O) groups excluding carboxylic acids is 1. The molecule has 0 unspecified atom stereocenters. The topological polar surface area (TPSA) is 78.9 Å². The molecule has 1 aromatic rings. The van der Waals surface area contributed by atoms with Crippen LogP contribution in [0.3, 0.4) is 0 Å². The van der Waals surface area contributed by atoms with Gasteiger partial charge in [-0.05, 0) is 12.1 Å². The number of amides is 1. The van der Waals surface area contributed by atoms with Gasteiger partial charge < -0.3 is 11.1 Å². The van der Waals surface area contributed by atoms with Crippen molar-refractivity contribution in [2.45, 2.75) is 0 Å². The van der Waals surface area contributed by atoms with Gasteiger partial charge in [-0.15, -0.1) is 0 Å². The third kappa shape index (κ3) is 1.59. The number of benzene rings is 1. The second-order valence-electron chi connectivity index (χ2n) is 2.46. The molecule has 3 N–H and O–H groups in total. The third-order valence-electron chi connectivity index (χ3n) is 1.68. The molecular weight excluding hydrogens is 166 g/mol. The van der Waals surface area contributed by atoms with Crippen molar-refractivity contribution in [3.8, 4) is 6.07 Å². The number of hydrogen-bond acceptors (Lipinski definition) is 3. The average molecular weight is 175 g/mol. The molecule has 0 fully saturated rings. The SMILES string of the molecule is CNC(=O)c1cccc(N)c1C#N. The summed E-state index contributed by atoms with van der Waals surface area (Å²) < 4.78 is 0. The Morgan fingerprint density at radius 2 is 2.31 bits per heavy atom. The minimum Gasteiger partial charge on any atom is -0.398 e. The first kappa shape index (κ1) is 9.07. The van der Waals surface area contributed by atoms with Gasteiger partial charge in [0.25, 0.3) is 5.91 Å². The number of nitrogen functional groups attached to an aromatic ring is 1. The van der Waals surface area contributed by atoms with Crippen molar-refractivity contribution >= 4 is 11.6 Å². The minimum absolute atomic E-state index is 0.224. The molecule has 0 saturated heterocycles. The molecule has 0 heterocycles. The van der Waals surface area contributed by atoms with Crippen LogP contribution in [0.5, 0.6) is 0 Å². The minimum atomic E-state index is -0.302. The normalized spacial score (nSPS) is 8.92. The molecule has 1 aromatic carbocycles. The molecule has 0 spiro atoms. The van der Waals surface area contributed by atoms with Crippen molar-refractivity contribution in [1.29, 1.82) is 5.26 Å². The van der Waals surface area contributed by atoms with Gasteiger partial charge in [0.15, 0.2) is 0 Å². The molecule has 0 aliphatic heterocycles. The van der Waals surface area contributed by atoms with Crippen molar-refractivity contribution < 1.29 is 4.79 Å². The largest absolute Gasteiger partial charge is 0.398 e. The number of nitrogens with two attached hydrogens (primary N) is 1. The molecule has 13 heavy (non-hydrogen) atoms. The lowest BCUT2D eigenvalue weighted by Gasteiger charge is -2.03. The van der Waals surface area contributed by atoms with Crippen molar-refractivity contribution in [3.63, 3.8) is 0 Å². The van der Waals surface area contributed by atoms with Gasteiger partial charge in [-0.2, -0.15) is 5.26 Å². The fourth-order valence-electron chi connectivity index (χ4n) is 1.02. The molecule has 0 bridgehead atoms. The Hall–Kier alpha value is -2.02. The summed E-state index contributed by atoms with van der Waals surface area (Å²) in [5.41, 5.74) is 6.38. The molecule has 0 radical (unpaired) electrons. The number of hydrogen-bond donors (Lipinski definition) is 2. The Kier molecular flexibility index (Phi) is 2.50. The number of nitriles is 1. The quantitative estimate of drug-likeness (QED) is 0.610. The van der Waals surface area contributed by atoms with Gasteiger partial charge >= 0.3 is 0 Å². The van der Waals surface area contributed by atoms with E-state index in [1.807, 2.05) is 6.07 Å². The first-order chi connectivity index (χ1) is 6.20. The number of rotatable bonds is 1. The molecular formula is C9H9N3O. The van der Waals surface area contributed by atoms with E-state index in [1.165, 1.54) is 7.05 Å². The van der Waals surface area contributed by atoms with E-state index < -0.39 is 0 Å². The van der Waals surface area contributed by atoms with E-state index in [2.05, 4.69) is 5.32 Å². The molecule has 0 atom stereocenters. The fraction of sp³-hybridized carbons (Fsp3) is 0.111. The van der Waals surface area contributed by atoms with E-state index in [0.29, 0.717) is 11.3 Å². The highest BCUT2D eigenvalue weighted by molar-refractivity contribution is 5.97. The fourth-order valence-corrected chi connectivity index (χ4v) is 1.02. The Labute approximate surface area is 76.0 Å². The number of nitrogens with one attached hydrogen (secondary N) is 1. The van der Waals surface area contributed by atoms with Crippen LogP contribution in [0.4, 0.5) is 5.69 Å². The highest BCUT2D eigenvalue weighted by atomic mass is 16.1. The molecule has 0 aliphatic carbocycles. The van der Waals surface area contributed by atoms with Gasteiger partial charge in [-0.1, -0.05) is 6.07 Å². The summed E-state index contributed by atoms with van der Waals surface area (Å²) in [6, 6.07) is 6.68. The predicted molar refractivity (Wildman–Crippen MR) is 49.0 cm³/mol. The highest BCUT2D eigenvalue weighted by Crippen LogP contribution is 2.15. The molecule has 4 nitrogen and oxygen atoms in total. The predicted octanol–water partition coefficient (Wildman–Crippen LogP) is 0.500. The Bertz CT molecular complexity index is 379. The number of carbonyl (C=O) groups is 1. The summed E-state index contributed by atoms with van der Waals surface area (Å²) in [6.07, 6.45) is 0. The summed E-state index contributed by atoms with van der Waals surface area (Å²) in [7, 11) is 1.51. The van der Waals surface area contributed by atoms with E-state index >= 15 is 0 Å². The summed E-state index contributed by atoms with van der Waals surface area (Å²) in [4.78, 5) is 11.2. The molecule has 1 rings (SSSR count). The summed E-state index contributed by atoms with van der Waals surface area (Å²) in [6.45, 7) is 0. The number of nitrogens with zero attached hydrogens (tertiary/aromatic N) is 1. The second kappa shape index (κ2) is 3.59. The van der Waals surface area contributed by atoms with Crippen molar-refractivity contribution in [2.24, 2.45) is 0 Å². The van der Waals surface area contributed by atoms with Crippen molar-refractivity contribution in [2.75, 3.05) is 12.8 Å². The molecule has 0 aromatic heterocycles. The standard InChI is InChI=1S/C9H9N3O/c1-12-9(13)6-3-2-4-8(11)7(6)5-10/h2-4H,11H2,1H3,(H,12,13). The molecule has 4 heteroatoms. The summed E-state index contributed by atoms with van der Waals surface area (Å²) in [5, 5.41) is 11.2. The maximum Gasteiger partial charge on any atom is 0.252 e. The Balaban J connectivity index is 3.30. The van der Waals surface area contributed by atoms with Gasteiger partial charge in [-0.25, -0.2) is 0 Å². The zero-order valence-corrected chi connectivity index (χ0v) is 7.16. The first-order valence-corrected chi connectivity index (χ1v) is 3.71. The van der Waals surface area contributed by atoms with Gasteiger partial charge in [0.05, 0.1) is 16.8 Å². The third-order valence-corrected chi connectivity index (χ3v) is 1.68. The van der Waals surface area contributed by atoms with Crippen molar-refractivity contribution in [3.05, 3.63) is 29.3 Å². The van der Waals surface area contributed by atoms with Crippen LogP contribution < -0.4 is 11.1 Å². The lowest BCUT2D eigenvalue weighted by Crippen LogP contribution is -2.19. The molecule has 66 valence electrons.